The van der Waals surface area contributed by atoms with Gasteiger partial charge in [0, 0.05) is 29.7 Å². The number of nitrogens with one attached hydrogen (secondary N) is 3. The smallest absolute Gasteiger partial charge is 0.243 e. The Bertz CT molecular complexity index is 938. The third kappa shape index (κ3) is 6.10. The first kappa shape index (κ1) is 20.4. The lowest BCUT2D eigenvalue weighted by atomic mass is 10.1. The van der Waals surface area contributed by atoms with Gasteiger partial charge in [0.1, 0.15) is 0 Å². The van der Waals surface area contributed by atoms with E-state index in [1.807, 2.05) is 13.0 Å². The third-order valence-electron chi connectivity index (χ3n) is 3.85. The Morgan fingerprint density at radius 3 is 2.11 bits per heavy atom. The lowest BCUT2D eigenvalue weighted by Crippen LogP contribution is -2.22. The van der Waals surface area contributed by atoms with Crippen LogP contribution in [0, 0.1) is 6.92 Å². The molecule has 7 nitrogen and oxygen atoms in total. The molecule has 0 atom stereocenters. The fraction of sp³-hybridized carbons (Fsp3) is 0.263. The Morgan fingerprint density at radius 2 is 1.52 bits per heavy atom. The summed E-state index contributed by atoms with van der Waals surface area (Å²) in [5.41, 5.74) is 2.85. The van der Waals surface area contributed by atoms with E-state index in [-0.39, 0.29) is 23.3 Å². The maximum absolute atomic E-state index is 12.1. The molecule has 3 N–H and O–H groups in total. The van der Waals surface area contributed by atoms with Crippen molar-refractivity contribution in [1.82, 2.24) is 0 Å². The number of sulfone groups is 1. The molecule has 2 rings (SSSR count). The average Bonchev–Trinajstić information content (AvgIpc) is 2.61. The molecule has 0 bridgehead atoms. The number of hydrogen-bond acceptors (Lipinski definition) is 5. The highest BCUT2D eigenvalue weighted by atomic mass is 32.2. The van der Waals surface area contributed by atoms with Crippen LogP contribution in [-0.4, -0.2) is 33.0 Å². The Morgan fingerprint density at radius 1 is 0.926 bits per heavy atom. The fourth-order valence-electron chi connectivity index (χ4n) is 2.31. The number of benzene rings is 2. The van der Waals surface area contributed by atoms with Crippen molar-refractivity contribution in [3.05, 3.63) is 48.0 Å². The predicted molar refractivity (Wildman–Crippen MR) is 107 cm³/mol. The fourth-order valence-corrected chi connectivity index (χ4v) is 2.94. The molecule has 0 fully saturated rings. The highest BCUT2D eigenvalue weighted by molar-refractivity contribution is 7.90. The minimum atomic E-state index is -3.27. The van der Waals surface area contributed by atoms with Gasteiger partial charge in [0.15, 0.2) is 9.84 Å². The summed E-state index contributed by atoms with van der Waals surface area (Å²) >= 11 is 0. The minimum absolute atomic E-state index is 0.0276. The van der Waals surface area contributed by atoms with Gasteiger partial charge in [-0.05, 0) is 48.9 Å². The zero-order valence-electron chi connectivity index (χ0n) is 15.5. The summed E-state index contributed by atoms with van der Waals surface area (Å²) in [5.74, 6) is -0.357. The van der Waals surface area contributed by atoms with E-state index >= 15 is 0 Å². The number of carbonyl (C=O) groups is 2. The molecule has 0 saturated carbocycles. The molecule has 0 unspecified atom stereocenters. The number of amides is 2. The van der Waals surface area contributed by atoms with Crippen molar-refractivity contribution in [2.45, 2.75) is 25.2 Å². The maximum Gasteiger partial charge on any atom is 0.243 e. The van der Waals surface area contributed by atoms with Gasteiger partial charge in [0.2, 0.25) is 11.8 Å². The minimum Gasteiger partial charge on any atom is -0.376 e. The molecule has 8 heteroatoms. The second-order valence-electron chi connectivity index (χ2n) is 6.13. The number of aryl methyl sites for hydroxylation is 1. The first-order valence-electron chi connectivity index (χ1n) is 8.43. The second-order valence-corrected chi connectivity index (χ2v) is 8.15. The van der Waals surface area contributed by atoms with Crippen LogP contribution in [-0.2, 0) is 19.4 Å². The Balaban J connectivity index is 1.97. The van der Waals surface area contributed by atoms with Crippen molar-refractivity contribution in [2.75, 3.05) is 28.8 Å². The third-order valence-corrected chi connectivity index (χ3v) is 4.98. The molecule has 0 saturated heterocycles. The van der Waals surface area contributed by atoms with Crippen LogP contribution in [0.15, 0.2) is 47.4 Å². The monoisotopic (exact) mass is 389 g/mol. The van der Waals surface area contributed by atoms with Crippen molar-refractivity contribution in [3.63, 3.8) is 0 Å². The molecule has 2 amide bonds. The Hall–Kier alpha value is -2.87. The molecule has 2 aromatic rings. The van der Waals surface area contributed by atoms with Crippen molar-refractivity contribution in [1.29, 1.82) is 0 Å². The predicted octanol–water partition coefficient (Wildman–Crippen LogP) is 2.80. The van der Waals surface area contributed by atoms with Crippen LogP contribution in [0.2, 0.25) is 0 Å². The summed E-state index contributed by atoms with van der Waals surface area (Å²) in [6.45, 7) is 3.70. The first-order valence-corrected chi connectivity index (χ1v) is 10.3. The van der Waals surface area contributed by atoms with Crippen LogP contribution in [0.5, 0.6) is 0 Å². The molecular formula is C19H23N3O4S. The van der Waals surface area contributed by atoms with Crippen LogP contribution in [0.3, 0.4) is 0 Å². The van der Waals surface area contributed by atoms with Gasteiger partial charge in [-0.25, -0.2) is 8.42 Å². The van der Waals surface area contributed by atoms with Gasteiger partial charge in [-0.3, -0.25) is 9.59 Å². The summed E-state index contributed by atoms with van der Waals surface area (Å²) in [7, 11) is -3.27. The lowest BCUT2D eigenvalue weighted by Gasteiger charge is -2.12. The number of rotatable bonds is 7. The molecule has 0 aliphatic rings. The standard InChI is InChI=1S/C19H23N3O4S/c1-4-18(23)22-15-6-5-13(2)17(11-15)20-12-19(24)21-14-7-9-16(10-8-14)27(3,25)26/h5-11,20H,4,12H2,1-3H3,(H,21,24)(H,22,23). The highest BCUT2D eigenvalue weighted by Gasteiger charge is 2.09. The van der Waals surface area contributed by atoms with E-state index in [0.717, 1.165) is 17.5 Å². The van der Waals surface area contributed by atoms with E-state index in [9.17, 15) is 18.0 Å². The molecule has 0 aliphatic carbocycles. The van der Waals surface area contributed by atoms with Gasteiger partial charge in [-0.2, -0.15) is 0 Å². The van der Waals surface area contributed by atoms with Gasteiger partial charge >= 0.3 is 0 Å². The number of hydrogen-bond donors (Lipinski definition) is 3. The number of carbonyl (C=O) groups excluding carboxylic acids is 2. The molecule has 0 radical (unpaired) electrons. The Labute approximate surface area is 159 Å². The second kappa shape index (κ2) is 8.68. The van der Waals surface area contributed by atoms with E-state index in [1.165, 1.54) is 12.1 Å². The van der Waals surface area contributed by atoms with Crippen LogP contribution >= 0.6 is 0 Å². The van der Waals surface area contributed by atoms with Crippen LogP contribution in [0.1, 0.15) is 18.9 Å². The Kier molecular flexibility index (Phi) is 6.57. The van der Waals surface area contributed by atoms with E-state index in [2.05, 4.69) is 16.0 Å². The average molecular weight is 389 g/mol. The normalized spacial score (nSPS) is 10.9. The largest absolute Gasteiger partial charge is 0.376 e. The zero-order chi connectivity index (χ0) is 20.0. The molecule has 0 aliphatic heterocycles. The van der Waals surface area contributed by atoms with E-state index in [1.54, 1.807) is 31.2 Å². The zero-order valence-corrected chi connectivity index (χ0v) is 16.3. The van der Waals surface area contributed by atoms with Crippen LogP contribution in [0.4, 0.5) is 17.1 Å². The van der Waals surface area contributed by atoms with Gasteiger partial charge < -0.3 is 16.0 Å². The lowest BCUT2D eigenvalue weighted by molar-refractivity contribution is -0.116. The van der Waals surface area contributed by atoms with Crippen LogP contribution < -0.4 is 16.0 Å². The first-order chi connectivity index (χ1) is 12.7. The summed E-state index contributed by atoms with van der Waals surface area (Å²) < 4.78 is 22.9. The molecule has 2 aromatic carbocycles. The quantitative estimate of drug-likeness (QED) is 0.675. The molecule has 0 spiro atoms. The highest BCUT2D eigenvalue weighted by Crippen LogP contribution is 2.20. The number of anilines is 3. The van der Waals surface area contributed by atoms with Crippen LogP contribution in [0.25, 0.3) is 0 Å². The SMILES string of the molecule is CCC(=O)Nc1ccc(C)c(NCC(=O)Nc2ccc(S(C)(=O)=O)cc2)c1. The van der Waals surface area contributed by atoms with E-state index in [0.29, 0.717) is 17.8 Å². The summed E-state index contributed by atoms with van der Waals surface area (Å²) in [6, 6.07) is 11.4. The van der Waals surface area contributed by atoms with Gasteiger partial charge in [0.25, 0.3) is 0 Å². The molecule has 27 heavy (non-hydrogen) atoms. The maximum atomic E-state index is 12.1. The summed E-state index contributed by atoms with van der Waals surface area (Å²) in [6.07, 6.45) is 1.51. The molecule has 0 heterocycles. The van der Waals surface area contributed by atoms with Gasteiger partial charge in [0.05, 0.1) is 11.4 Å². The van der Waals surface area contributed by atoms with Gasteiger partial charge in [-0.1, -0.05) is 13.0 Å². The topological polar surface area (TPSA) is 104 Å². The molecular weight excluding hydrogens is 366 g/mol. The van der Waals surface area contributed by atoms with E-state index in [4.69, 9.17) is 0 Å². The molecule has 0 aromatic heterocycles. The van der Waals surface area contributed by atoms with Crippen molar-refractivity contribution in [2.24, 2.45) is 0 Å². The summed E-state index contributed by atoms with van der Waals surface area (Å²) in [5, 5.41) is 8.52. The summed E-state index contributed by atoms with van der Waals surface area (Å²) in [4.78, 5) is 23.8. The van der Waals surface area contributed by atoms with E-state index < -0.39 is 9.84 Å². The molecule has 144 valence electrons. The van der Waals surface area contributed by atoms with Crippen molar-refractivity contribution < 1.29 is 18.0 Å². The van der Waals surface area contributed by atoms with Crippen molar-refractivity contribution in [3.8, 4) is 0 Å². The van der Waals surface area contributed by atoms with Crippen molar-refractivity contribution >= 4 is 38.7 Å². The van der Waals surface area contributed by atoms with Gasteiger partial charge in [-0.15, -0.1) is 0 Å².